The van der Waals surface area contributed by atoms with Crippen LogP contribution >= 0.6 is 12.4 Å². The summed E-state index contributed by atoms with van der Waals surface area (Å²) in [6.07, 6.45) is 1.45. The van der Waals surface area contributed by atoms with Crippen LogP contribution in [0.25, 0.3) is 5.69 Å². The van der Waals surface area contributed by atoms with Gasteiger partial charge in [-0.2, -0.15) is 5.10 Å². The van der Waals surface area contributed by atoms with Gasteiger partial charge in [0.25, 0.3) is 0 Å². The first-order valence-corrected chi connectivity index (χ1v) is 5.65. The van der Waals surface area contributed by atoms with Gasteiger partial charge in [0.15, 0.2) is 11.6 Å². The van der Waals surface area contributed by atoms with Crippen LogP contribution in [-0.4, -0.2) is 20.9 Å². The first-order chi connectivity index (χ1) is 9.56. The molecule has 0 fully saturated rings. The third-order valence-corrected chi connectivity index (χ3v) is 2.68. The van der Waals surface area contributed by atoms with Gasteiger partial charge >= 0.3 is 5.69 Å². The van der Waals surface area contributed by atoms with Crippen LogP contribution < -0.4 is 11.4 Å². The van der Waals surface area contributed by atoms with Crippen molar-refractivity contribution in [2.45, 2.75) is 14.0 Å². The molecule has 0 aliphatic carbocycles. The Kier molecular flexibility index (Phi) is 7.61. The van der Waals surface area contributed by atoms with Crippen molar-refractivity contribution >= 4 is 12.4 Å². The molecule has 2 N–H and O–H groups in total. The molecule has 2 rings (SSSR count). The number of rotatable bonds is 4. The molecule has 0 aliphatic rings. The smallest absolute Gasteiger partial charge is 0.327 e. The summed E-state index contributed by atoms with van der Waals surface area (Å²) in [6, 6.07) is 3.01. The molecule has 1 heterocycles. The summed E-state index contributed by atoms with van der Waals surface area (Å²) in [5.74, 6) is -2.09. The van der Waals surface area contributed by atoms with Gasteiger partial charge in [-0.1, -0.05) is 7.43 Å². The number of hydrogen-bond acceptors (Lipinski definition) is 3. The summed E-state index contributed by atoms with van der Waals surface area (Å²) < 4.78 is 40.4. The van der Waals surface area contributed by atoms with Crippen LogP contribution in [-0.2, 0) is 6.54 Å². The highest BCUT2D eigenvalue weighted by molar-refractivity contribution is 5.85. The highest BCUT2D eigenvalue weighted by atomic mass is 35.5. The molecule has 0 aliphatic heterocycles. The van der Waals surface area contributed by atoms with Gasteiger partial charge in [0.05, 0.1) is 18.6 Å². The fraction of sp³-hybridized carbons (Fsp3) is 0.231. The molecule has 0 saturated carbocycles. The Morgan fingerprint density at radius 2 is 2.00 bits per heavy atom. The summed E-state index contributed by atoms with van der Waals surface area (Å²) >= 11 is 0. The minimum Gasteiger partial charge on any atom is -0.327 e. The van der Waals surface area contributed by atoms with Gasteiger partial charge in [0, 0.05) is 12.6 Å². The second-order valence-corrected chi connectivity index (χ2v) is 4.01. The van der Waals surface area contributed by atoms with Gasteiger partial charge in [-0.05, 0) is 17.7 Å². The molecule has 0 radical (unpaired) electrons. The third-order valence-electron chi connectivity index (χ3n) is 2.68. The van der Waals surface area contributed by atoms with Crippen molar-refractivity contribution in [2.75, 3.05) is 6.54 Å². The van der Waals surface area contributed by atoms with E-state index in [9.17, 15) is 18.0 Å². The molecule has 2 aromatic rings. The van der Waals surface area contributed by atoms with E-state index in [4.69, 9.17) is 5.73 Å². The molecule has 0 saturated heterocycles. The number of nitrogens with two attached hydrogens (primary N) is 1. The molecule has 0 unspecified atom stereocenters. The lowest BCUT2D eigenvalue weighted by atomic mass is 10.3. The number of nitrogens with zero attached hydrogens (tertiary/aromatic N) is 3. The van der Waals surface area contributed by atoms with E-state index in [2.05, 4.69) is 5.10 Å². The molecule has 1 aromatic heterocycles. The van der Waals surface area contributed by atoms with Crippen LogP contribution in [0, 0.1) is 11.6 Å². The number of hydrogen-bond donors (Lipinski definition) is 1. The van der Waals surface area contributed by atoms with Crippen molar-refractivity contribution in [2.24, 2.45) is 5.73 Å². The highest BCUT2D eigenvalue weighted by Crippen LogP contribution is 2.11. The van der Waals surface area contributed by atoms with Crippen molar-refractivity contribution < 1.29 is 13.2 Å². The highest BCUT2D eigenvalue weighted by Gasteiger charge is 2.10. The van der Waals surface area contributed by atoms with Gasteiger partial charge in [-0.15, -0.1) is 12.4 Å². The van der Waals surface area contributed by atoms with E-state index in [1.54, 1.807) is 0 Å². The molecule has 122 valence electrons. The van der Waals surface area contributed by atoms with Gasteiger partial charge in [0.1, 0.15) is 6.33 Å². The first-order valence-electron chi connectivity index (χ1n) is 5.65. The maximum Gasteiger partial charge on any atom is 0.350 e. The van der Waals surface area contributed by atoms with E-state index in [1.165, 1.54) is 6.07 Å². The Bertz CT molecular complexity index is 712. The standard InChI is InChI=1S/C12H11F3N4O.CH4.ClH/c13-4-8(5-16)6-19-12(20)18(7-17-19)9-1-2-10(14)11(15)3-9;;/h1-4,7H,5-6,16H2;1H4;1H/b8-4+;;. The Morgan fingerprint density at radius 3 is 2.55 bits per heavy atom. The van der Waals surface area contributed by atoms with Crippen molar-refractivity contribution in [3.8, 4) is 5.69 Å². The molecule has 0 amide bonds. The molecule has 1 aromatic carbocycles. The van der Waals surface area contributed by atoms with Crippen molar-refractivity contribution in [1.82, 2.24) is 14.3 Å². The van der Waals surface area contributed by atoms with Gasteiger partial charge in [-0.25, -0.2) is 27.2 Å². The lowest BCUT2D eigenvalue weighted by Crippen LogP contribution is -2.26. The summed E-state index contributed by atoms with van der Waals surface area (Å²) in [5, 5.41) is 3.77. The predicted octanol–water partition coefficient (Wildman–Crippen LogP) is 2.18. The van der Waals surface area contributed by atoms with Crippen molar-refractivity contribution in [3.63, 3.8) is 0 Å². The molecular formula is C13H16ClF3N4O. The predicted molar refractivity (Wildman–Crippen MR) is 80.0 cm³/mol. The monoisotopic (exact) mass is 336 g/mol. The zero-order valence-electron chi connectivity index (χ0n) is 10.7. The minimum atomic E-state index is -1.08. The molecular weight excluding hydrogens is 321 g/mol. The fourth-order valence-electron chi connectivity index (χ4n) is 1.59. The Balaban J connectivity index is 0.00000220. The molecule has 22 heavy (non-hydrogen) atoms. The Labute approximate surface area is 131 Å². The number of aromatic nitrogens is 3. The van der Waals surface area contributed by atoms with Gasteiger partial charge in [0.2, 0.25) is 0 Å². The van der Waals surface area contributed by atoms with Gasteiger partial charge in [-0.3, -0.25) is 0 Å². The number of halogens is 4. The Morgan fingerprint density at radius 1 is 1.32 bits per heavy atom. The molecule has 0 spiro atoms. The van der Waals surface area contributed by atoms with E-state index in [-0.39, 0.29) is 44.2 Å². The van der Waals surface area contributed by atoms with E-state index < -0.39 is 17.3 Å². The quantitative estimate of drug-likeness (QED) is 0.930. The van der Waals surface area contributed by atoms with E-state index in [1.807, 2.05) is 0 Å². The maximum absolute atomic E-state index is 13.1. The second kappa shape index (κ2) is 8.40. The first kappa shape index (κ1) is 19.9. The van der Waals surface area contributed by atoms with Crippen molar-refractivity contribution in [3.05, 3.63) is 58.5 Å². The fourth-order valence-corrected chi connectivity index (χ4v) is 1.59. The molecule has 5 nitrogen and oxygen atoms in total. The normalized spacial score (nSPS) is 10.8. The zero-order valence-corrected chi connectivity index (χ0v) is 11.5. The molecule has 0 bridgehead atoms. The average molecular weight is 337 g/mol. The largest absolute Gasteiger partial charge is 0.350 e. The van der Waals surface area contributed by atoms with Crippen LogP contribution in [0.5, 0.6) is 0 Å². The van der Waals surface area contributed by atoms with Crippen LogP contribution in [0.3, 0.4) is 0 Å². The summed E-state index contributed by atoms with van der Waals surface area (Å²) in [6.45, 7) is -0.163. The maximum atomic E-state index is 13.1. The van der Waals surface area contributed by atoms with Crippen LogP contribution in [0.1, 0.15) is 7.43 Å². The summed E-state index contributed by atoms with van der Waals surface area (Å²) in [5.41, 5.74) is 4.99. The van der Waals surface area contributed by atoms with Crippen molar-refractivity contribution in [1.29, 1.82) is 0 Å². The number of benzene rings is 1. The topological polar surface area (TPSA) is 65.8 Å². The lowest BCUT2D eigenvalue weighted by Gasteiger charge is -2.02. The Hall–Kier alpha value is -2.06. The molecule has 0 atom stereocenters. The second-order valence-electron chi connectivity index (χ2n) is 4.01. The summed E-state index contributed by atoms with van der Waals surface area (Å²) in [4.78, 5) is 12.0. The van der Waals surface area contributed by atoms with Crippen LogP contribution in [0.15, 0.2) is 41.2 Å². The van der Waals surface area contributed by atoms with Gasteiger partial charge < -0.3 is 5.73 Å². The zero-order chi connectivity index (χ0) is 14.7. The summed E-state index contributed by atoms with van der Waals surface area (Å²) in [7, 11) is 0. The average Bonchev–Trinajstić information content (AvgIpc) is 2.80. The lowest BCUT2D eigenvalue weighted by molar-refractivity contribution is 0.507. The SMILES string of the molecule is C.Cl.NC/C(=C\F)Cn1ncn(-c2ccc(F)c(F)c2)c1=O. The van der Waals surface area contributed by atoms with E-state index >= 15 is 0 Å². The molecule has 9 heteroatoms. The minimum absolute atomic E-state index is 0. The van der Waals surface area contributed by atoms with E-state index in [0.717, 1.165) is 27.7 Å². The van der Waals surface area contributed by atoms with Crippen LogP contribution in [0.4, 0.5) is 13.2 Å². The van der Waals surface area contributed by atoms with Crippen LogP contribution in [0.2, 0.25) is 0 Å². The third kappa shape index (κ3) is 3.99. The van der Waals surface area contributed by atoms with E-state index in [0.29, 0.717) is 6.33 Å².